The van der Waals surface area contributed by atoms with Gasteiger partial charge in [-0.05, 0) is 41.9 Å². The van der Waals surface area contributed by atoms with Gasteiger partial charge in [0.15, 0.2) is 0 Å². The van der Waals surface area contributed by atoms with Gasteiger partial charge in [0.2, 0.25) is 11.2 Å². The monoisotopic (exact) mass is 305 g/mol. The zero-order valence-corrected chi connectivity index (χ0v) is 11.6. The van der Waals surface area contributed by atoms with Crippen molar-refractivity contribution in [2.75, 3.05) is 17.6 Å². The van der Waals surface area contributed by atoms with Crippen LogP contribution in [0.3, 0.4) is 0 Å². The molecule has 2 rings (SSSR count). The summed E-state index contributed by atoms with van der Waals surface area (Å²) in [6.07, 6.45) is 1.41. The summed E-state index contributed by atoms with van der Waals surface area (Å²) in [7, 11) is 0. The third kappa shape index (κ3) is 4.43. The van der Waals surface area contributed by atoms with E-state index in [0.29, 0.717) is 11.3 Å². The predicted molar refractivity (Wildman–Crippen MR) is 78.9 cm³/mol. The molecule has 0 fully saturated rings. The third-order valence-corrected chi connectivity index (χ3v) is 2.66. The minimum absolute atomic E-state index is 0.0266. The number of halogens is 1. The number of hydrogen-bond acceptors (Lipinski definition) is 5. The molecule has 0 aliphatic rings. The highest BCUT2D eigenvalue weighted by Gasteiger charge is 2.08. The molecule has 0 bridgehead atoms. The predicted octanol–water partition coefficient (Wildman–Crippen LogP) is 1.08. The number of aromatic nitrogens is 2. The normalized spacial score (nSPS) is 9.95. The van der Waals surface area contributed by atoms with E-state index in [1.807, 2.05) is 0 Å². The molecule has 1 aromatic carbocycles. The zero-order valence-electron chi connectivity index (χ0n) is 10.8. The van der Waals surface area contributed by atoms with Gasteiger partial charge < -0.3 is 16.4 Å². The number of benzene rings is 1. The number of nitrogens with zero attached hydrogens (tertiary/aromatic N) is 2. The Morgan fingerprint density at radius 2 is 1.90 bits per heavy atom. The van der Waals surface area contributed by atoms with E-state index in [1.165, 1.54) is 12.3 Å². The number of rotatable bonds is 4. The van der Waals surface area contributed by atoms with Crippen LogP contribution < -0.4 is 16.4 Å². The first-order valence-electron chi connectivity index (χ1n) is 5.97. The maximum atomic E-state index is 11.8. The van der Waals surface area contributed by atoms with Crippen molar-refractivity contribution < 1.29 is 9.59 Å². The second-order valence-electron chi connectivity index (χ2n) is 4.06. The van der Waals surface area contributed by atoms with Gasteiger partial charge in [0, 0.05) is 17.4 Å². The van der Waals surface area contributed by atoms with Gasteiger partial charge in [0.25, 0.3) is 5.91 Å². The van der Waals surface area contributed by atoms with Gasteiger partial charge in [-0.15, -0.1) is 0 Å². The third-order valence-electron chi connectivity index (χ3n) is 2.48. The molecule has 1 aromatic heterocycles. The van der Waals surface area contributed by atoms with Crippen molar-refractivity contribution in [1.82, 2.24) is 15.3 Å². The number of nitrogens with two attached hydrogens (primary N) is 1. The van der Waals surface area contributed by atoms with Gasteiger partial charge in [0.1, 0.15) is 5.82 Å². The number of carbonyl (C=O) groups is 2. The molecule has 7 nitrogen and oxygen atoms in total. The van der Waals surface area contributed by atoms with Gasteiger partial charge in [-0.25, -0.2) is 9.97 Å². The molecule has 0 unspecified atom stereocenters. The quantitative estimate of drug-likeness (QED) is 0.578. The van der Waals surface area contributed by atoms with E-state index in [-0.39, 0.29) is 23.6 Å². The zero-order chi connectivity index (χ0) is 15.2. The molecule has 0 atom stereocenters. The minimum atomic E-state index is -0.423. The molecule has 1 heterocycles. The van der Waals surface area contributed by atoms with Gasteiger partial charge in [0.05, 0.1) is 6.54 Å². The number of carbonyl (C=O) groups excluding carboxylic acids is 2. The van der Waals surface area contributed by atoms with Crippen LogP contribution in [0, 0.1) is 0 Å². The molecule has 0 radical (unpaired) electrons. The summed E-state index contributed by atoms with van der Waals surface area (Å²) >= 11 is 5.60. The maximum Gasteiger partial charge on any atom is 0.251 e. The topological polar surface area (TPSA) is 110 Å². The Kier molecular flexibility index (Phi) is 4.68. The number of amides is 2. The summed E-state index contributed by atoms with van der Waals surface area (Å²) in [5.74, 6) is -0.527. The van der Waals surface area contributed by atoms with Gasteiger partial charge >= 0.3 is 0 Å². The summed E-state index contributed by atoms with van der Waals surface area (Å²) in [6, 6.07) is 7.86. The first-order chi connectivity index (χ1) is 10.0. The summed E-state index contributed by atoms with van der Waals surface area (Å²) in [6.45, 7) is -0.190. The van der Waals surface area contributed by atoms with Crippen LogP contribution in [0.5, 0.6) is 0 Å². The van der Waals surface area contributed by atoms with E-state index >= 15 is 0 Å². The standard InChI is InChI=1S/C13H12ClN5O2/c14-13-16-6-5-10(19-13)18-11(20)7-17-12(21)8-1-3-9(15)4-2-8/h1-6H,7,15H2,(H,17,21)(H,16,18,19,20). The first-order valence-corrected chi connectivity index (χ1v) is 6.34. The van der Waals surface area contributed by atoms with Gasteiger partial charge in [-0.2, -0.15) is 0 Å². The summed E-state index contributed by atoms with van der Waals surface area (Å²) in [5, 5.41) is 5.00. The maximum absolute atomic E-state index is 11.8. The van der Waals surface area contributed by atoms with Crippen LogP contribution >= 0.6 is 11.6 Å². The van der Waals surface area contributed by atoms with Crippen LogP contribution in [0.4, 0.5) is 11.5 Å². The van der Waals surface area contributed by atoms with Crippen molar-refractivity contribution in [2.45, 2.75) is 0 Å². The first kappa shape index (κ1) is 14.7. The minimum Gasteiger partial charge on any atom is -0.399 e. The van der Waals surface area contributed by atoms with E-state index in [1.54, 1.807) is 24.3 Å². The largest absolute Gasteiger partial charge is 0.399 e. The van der Waals surface area contributed by atoms with Crippen molar-refractivity contribution in [3.8, 4) is 0 Å². The highest BCUT2D eigenvalue weighted by atomic mass is 35.5. The van der Waals surface area contributed by atoms with Crippen LogP contribution in [-0.2, 0) is 4.79 Å². The lowest BCUT2D eigenvalue weighted by Gasteiger charge is -2.06. The molecule has 8 heteroatoms. The molecule has 2 aromatic rings. The Labute approximate surface area is 125 Å². The second-order valence-corrected chi connectivity index (χ2v) is 4.40. The van der Waals surface area contributed by atoms with Crippen LogP contribution in [0.1, 0.15) is 10.4 Å². The molecule has 0 aliphatic heterocycles. The lowest BCUT2D eigenvalue weighted by atomic mass is 10.2. The fourth-order valence-electron chi connectivity index (χ4n) is 1.49. The highest BCUT2D eigenvalue weighted by Crippen LogP contribution is 2.06. The molecule has 0 saturated heterocycles. The number of anilines is 2. The molecule has 108 valence electrons. The number of nitrogen functional groups attached to an aromatic ring is 1. The Morgan fingerprint density at radius 1 is 1.19 bits per heavy atom. The average molecular weight is 306 g/mol. The molecular weight excluding hydrogens is 294 g/mol. The van der Waals surface area contributed by atoms with Gasteiger partial charge in [-0.1, -0.05) is 0 Å². The summed E-state index contributed by atoms with van der Waals surface area (Å²) < 4.78 is 0. The smallest absolute Gasteiger partial charge is 0.251 e. The summed E-state index contributed by atoms with van der Waals surface area (Å²) in [4.78, 5) is 30.9. The Hall–Kier alpha value is -2.67. The highest BCUT2D eigenvalue weighted by molar-refractivity contribution is 6.28. The van der Waals surface area contributed by atoms with Crippen molar-refractivity contribution in [2.24, 2.45) is 0 Å². The van der Waals surface area contributed by atoms with Crippen molar-refractivity contribution in [3.05, 3.63) is 47.4 Å². The van der Waals surface area contributed by atoms with E-state index in [0.717, 1.165) is 0 Å². The van der Waals surface area contributed by atoms with E-state index in [4.69, 9.17) is 17.3 Å². The molecule has 0 saturated carbocycles. The molecule has 4 N–H and O–H groups in total. The van der Waals surface area contributed by atoms with Crippen molar-refractivity contribution in [3.63, 3.8) is 0 Å². The fourth-order valence-corrected chi connectivity index (χ4v) is 1.64. The summed E-state index contributed by atoms with van der Waals surface area (Å²) in [5.41, 5.74) is 6.51. The molecular formula is C13H12ClN5O2. The lowest BCUT2D eigenvalue weighted by Crippen LogP contribution is -2.33. The van der Waals surface area contributed by atoms with E-state index in [9.17, 15) is 9.59 Å². The van der Waals surface area contributed by atoms with Crippen LogP contribution in [0.2, 0.25) is 5.28 Å². The van der Waals surface area contributed by atoms with Crippen LogP contribution in [0.15, 0.2) is 36.5 Å². The van der Waals surface area contributed by atoms with Crippen LogP contribution in [0.25, 0.3) is 0 Å². The Bertz CT molecular complexity index is 660. The van der Waals surface area contributed by atoms with E-state index < -0.39 is 5.91 Å². The number of hydrogen-bond donors (Lipinski definition) is 3. The second kappa shape index (κ2) is 6.67. The fraction of sp³-hybridized carbons (Fsp3) is 0.0769. The van der Waals surface area contributed by atoms with Crippen LogP contribution in [-0.4, -0.2) is 28.3 Å². The van der Waals surface area contributed by atoms with Crippen molar-refractivity contribution >= 4 is 34.9 Å². The Balaban J connectivity index is 1.86. The molecule has 0 aliphatic carbocycles. The SMILES string of the molecule is Nc1ccc(C(=O)NCC(=O)Nc2ccnc(Cl)n2)cc1. The number of nitrogens with one attached hydrogen (secondary N) is 2. The Morgan fingerprint density at radius 3 is 2.57 bits per heavy atom. The molecule has 2 amide bonds. The van der Waals surface area contributed by atoms with E-state index in [2.05, 4.69) is 20.6 Å². The van der Waals surface area contributed by atoms with Crippen molar-refractivity contribution in [1.29, 1.82) is 0 Å². The molecule has 0 spiro atoms. The van der Waals surface area contributed by atoms with Gasteiger partial charge in [-0.3, -0.25) is 9.59 Å². The lowest BCUT2D eigenvalue weighted by molar-refractivity contribution is -0.115. The molecule has 21 heavy (non-hydrogen) atoms. The average Bonchev–Trinajstić information content (AvgIpc) is 2.45.